The van der Waals surface area contributed by atoms with E-state index in [-0.39, 0.29) is 0 Å². The summed E-state index contributed by atoms with van der Waals surface area (Å²) < 4.78 is 11.2. The van der Waals surface area contributed by atoms with E-state index in [0.717, 1.165) is 54.5 Å². The molecule has 4 heteroatoms. The second-order valence-electron chi connectivity index (χ2n) is 7.81. The van der Waals surface area contributed by atoms with Crippen LogP contribution in [-0.4, -0.2) is 44.7 Å². The minimum Gasteiger partial charge on any atom is -0.495 e. The van der Waals surface area contributed by atoms with Gasteiger partial charge in [-0.3, -0.25) is 4.90 Å². The van der Waals surface area contributed by atoms with Crippen molar-refractivity contribution in [2.75, 3.05) is 44.7 Å². The lowest BCUT2D eigenvalue weighted by atomic mass is 10.1. The molecular formula is C23H26N2O2. The van der Waals surface area contributed by atoms with Gasteiger partial charge in [0.1, 0.15) is 11.3 Å². The van der Waals surface area contributed by atoms with Gasteiger partial charge < -0.3 is 14.1 Å². The maximum atomic E-state index is 5.65. The number of methoxy groups -OCH3 is 1. The van der Waals surface area contributed by atoms with Crippen LogP contribution < -0.4 is 9.64 Å². The first-order chi connectivity index (χ1) is 13.3. The number of anilines is 1. The van der Waals surface area contributed by atoms with Crippen LogP contribution in [-0.2, 0) is 12.8 Å². The smallest absolute Gasteiger partial charge is 0.143 e. The molecule has 140 valence electrons. The van der Waals surface area contributed by atoms with Gasteiger partial charge in [-0.15, -0.1) is 0 Å². The minimum absolute atomic E-state index is 0.767. The van der Waals surface area contributed by atoms with Crippen molar-refractivity contribution in [3.63, 3.8) is 0 Å². The topological polar surface area (TPSA) is 28.9 Å². The SMILES string of the molecule is COc1cc2ccoc2cc1N1CCN(CC2Cc3ccccc3C2)CC1. The Morgan fingerprint density at radius 3 is 2.44 bits per heavy atom. The minimum atomic E-state index is 0.767. The van der Waals surface area contributed by atoms with Crippen LogP contribution >= 0.6 is 0 Å². The lowest BCUT2D eigenvalue weighted by molar-refractivity contribution is 0.221. The molecule has 0 amide bonds. The number of piperazine rings is 1. The summed E-state index contributed by atoms with van der Waals surface area (Å²) in [6.07, 6.45) is 4.21. The Hall–Kier alpha value is -2.46. The number of hydrogen-bond acceptors (Lipinski definition) is 4. The molecular weight excluding hydrogens is 336 g/mol. The van der Waals surface area contributed by atoms with Gasteiger partial charge in [0.15, 0.2) is 0 Å². The third-order valence-corrected chi connectivity index (χ3v) is 6.12. The fraction of sp³-hybridized carbons (Fsp3) is 0.391. The molecule has 0 bridgehead atoms. The number of fused-ring (bicyclic) bond motifs is 2. The molecule has 0 saturated carbocycles. The standard InChI is InChI=1S/C23H26N2O2/c1-26-23-14-20-6-11-27-22(20)15-21(23)25-9-7-24(8-10-25)16-17-12-18-4-2-3-5-19(18)13-17/h2-6,11,14-15,17H,7-10,12-13,16H2,1H3. The van der Waals surface area contributed by atoms with Gasteiger partial charge in [-0.2, -0.15) is 0 Å². The molecule has 27 heavy (non-hydrogen) atoms. The van der Waals surface area contributed by atoms with Crippen LogP contribution in [0.15, 0.2) is 53.1 Å². The van der Waals surface area contributed by atoms with Gasteiger partial charge in [-0.25, -0.2) is 0 Å². The van der Waals surface area contributed by atoms with Gasteiger partial charge >= 0.3 is 0 Å². The highest BCUT2D eigenvalue weighted by Crippen LogP contribution is 2.34. The van der Waals surface area contributed by atoms with Crippen LogP contribution in [0.2, 0.25) is 0 Å². The molecule has 1 aliphatic heterocycles. The monoisotopic (exact) mass is 362 g/mol. The zero-order valence-electron chi connectivity index (χ0n) is 15.9. The Morgan fingerprint density at radius 1 is 1.00 bits per heavy atom. The summed E-state index contributed by atoms with van der Waals surface area (Å²) in [5, 5.41) is 1.09. The quantitative estimate of drug-likeness (QED) is 0.702. The Labute approximate surface area is 160 Å². The van der Waals surface area contributed by atoms with Gasteiger partial charge in [0.05, 0.1) is 19.1 Å². The lowest BCUT2D eigenvalue weighted by Crippen LogP contribution is -2.48. The van der Waals surface area contributed by atoms with Crippen molar-refractivity contribution in [1.29, 1.82) is 0 Å². The third kappa shape index (κ3) is 3.19. The molecule has 0 N–H and O–H groups in total. The van der Waals surface area contributed by atoms with E-state index >= 15 is 0 Å². The van der Waals surface area contributed by atoms with E-state index in [9.17, 15) is 0 Å². The molecule has 5 rings (SSSR count). The number of ether oxygens (including phenoxy) is 1. The summed E-state index contributed by atoms with van der Waals surface area (Å²) in [5.41, 5.74) is 5.18. The van der Waals surface area contributed by atoms with Crippen molar-refractivity contribution in [3.05, 3.63) is 59.9 Å². The molecule has 1 aromatic heterocycles. The number of benzene rings is 2. The fourth-order valence-electron chi connectivity index (χ4n) is 4.70. The molecule has 1 fully saturated rings. The number of furan rings is 1. The summed E-state index contributed by atoms with van der Waals surface area (Å²) in [7, 11) is 1.75. The van der Waals surface area contributed by atoms with Crippen molar-refractivity contribution in [1.82, 2.24) is 4.90 Å². The second-order valence-corrected chi connectivity index (χ2v) is 7.81. The Kier molecular flexibility index (Phi) is 4.29. The molecule has 4 nitrogen and oxygen atoms in total. The molecule has 0 radical (unpaired) electrons. The predicted molar refractivity (Wildman–Crippen MR) is 109 cm³/mol. The highest BCUT2D eigenvalue weighted by atomic mass is 16.5. The molecule has 2 heterocycles. The molecule has 2 aliphatic rings. The average Bonchev–Trinajstić information content (AvgIpc) is 3.33. The molecule has 1 saturated heterocycles. The Morgan fingerprint density at radius 2 is 1.74 bits per heavy atom. The van der Waals surface area contributed by atoms with Crippen LogP contribution in [0.25, 0.3) is 11.0 Å². The summed E-state index contributed by atoms with van der Waals surface area (Å²) in [6.45, 7) is 5.47. The van der Waals surface area contributed by atoms with Gasteiger partial charge in [0.2, 0.25) is 0 Å². The van der Waals surface area contributed by atoms with Crippen molar-refractivity contribution < 1.29 is 9.15 Å². The van der Waals surface area contributed by atoms with Crippen LogP contribution in [0, 0.1) is 5.92 Å². The number of hydrogen-bond donors (Lipinski definition) is 0. The zero-order valence-corrected chi connectivity index (χ0v) is 15.9. The Balaban J connectivity index is 1.23. The molecule has 0 atom stereocenters. The van der Waals surface area contributed by atoms with Crippen LogP contribution in [0.4, 0.5) is 5.69 Å². The van der Waals surface area contributed by atoms with E-state index in [1.54, 1.807) is 24.5 Å². The summed E-state index contributed by atoms with van der Waals surface area (Å²) in [6, 6.07) is 15.1. The van der Waals surface area contributed by atoms with Crippen molar-refractivity contribution in [2.45, 2.75) is 12.8 Å². The zero-order chi connectivity index (χ0) is 18.2. The summed E-state index contributed by atoms with van der Waals surface area (Å²) in [5.74, 6) is 1.70. The van der Waals surface area contributed by atoms with Gasteiger partial charge in [0, 0.05) is 44.2 Å². The highest BCUT2D eigenvalue weighted by Gasteiger charge is 2.26. The molecule has 0 unspecified atom stereocenters. The molecule has 0 spiro atoms. The maximum Gasteiger partial charge on any atom is 0.143 e. The first kappa shape index (κ1) is 16.7. The van der Waals surface area contributed by atoms with Crippen molar-refractivity contribution in [3.8, 4) is 5.75 Å². The largest absolute Gasteiger partial charge is 0.495 e. The van der Waals surface area contributed by atoms with E-state index in [1.807, 2.05) is 6.07 Å². The van der Waals surface area contributed by atoms with Gasteiger partial charge in [-0.1, -0.05) is 24.3 Å². The van der Waals surface area contributed by atoms with E-state index in [2.05, 4.69) is 46.2 Å². The second kappa shape index (κ2) is 6.93. The first-order valence-corrected chi connectivity index (χ1v) is 9.89. The molecule has 1 aliphatic carbocycles. The van der Waals surface area contributed by atoms with Crippen LogP contribution in [0.1, 0.15) is 11.1 Å². The van der Waals surface area contributed by atoms with Gasteiger partial charge in [0.25, 0.3) is 0 Å². The van der Waals surface area contributed by atoms with Crippen LogP contribution in [0.5, 0.6) is 5.75 Å². The van der Waals surface area contributed by atoms with Gasteiger partial charge in [-0.05, 0) is 42.0 Å². The summed E-state index contributed by atoms with van der Waals surface area (Å²) >= 11 is 0. The van der Waals surface area contributed by atoms with Crippen LogP contribution in [0.3, 0.4) is 0 Å². The number of nitrogens with zero attached hydrogens (tertiary/aromatic N) is 2. The number of rotatable bonds is 4. The molecule has 3 aromatic rings. The normalized spacial score (nSPS) is 18.2. The van der Waals surface area contributed by atoms with E-state index in [0.29, 0.717) is 0 Å². The Bertz CT molecular complexity index is 915. The highest BCUT2D eigenvalue weighted by molar-refractivity contribution is 5.85. The lowest BCUT2D eigenvalue weighted by Gasteiger charge is -2.37. The summed E-state index contributed by atoms with van der Waals surface area (Å²) in [4.78, 5) is 5.06. The predicted octanol–water partition coefficient (Wildman–Crippen LogP) is 3.98. The average molecular weight is 362 g/mol. The van der Waals surface area contributed by atoms with E-state index in [1.165, 1.54) is 19.4 Å². The molecule has 2 aromatic carbocycles. The van der Waals surface area contributed by atoms with Crippen molar-refractivity contribution in [2.24, 2.45) is 5.92 Å². The maximum absolute atomic E-state index is 5.65. The third-order valence-electron chi connectivity index (χ3n) is 6.12. The van der Waals surface area contributed by atoms with E-state index in [4.69, 9.17) is 9.15 Å². The fourth-order valence-corrected chi connectivity index (χ4v) is 4.70. The van der Waals surface area contributed by atoms with E-state index < -0.39 is 0 Å². The first-order valence-electron chi connectivity index (χ1n) is 9.89. The van der Waals surface area contributed by atoms with Crippen molar-refractivity contribution >= 4 is 16.7 Å².